The summed E-state index contributed by atoms with van der Waals surface area (Å²) in [4.78, 5) is 0. The van der Waals surface area contributed by atoms with Crippen molar-refractivity contribution >= 4 is 10.2 Å². The molecule has 2 aliphatic heterocycles. The van der Waals surface area contributed by atoms with Crippen LogP contribution in [0.3, 0.4) is 0 Å². The minimum Gasteiger partial charge on any atom is -0.377 e. The molecule has 2 saturated heterocycles. The predicted octanol–water partition coefficient (Wildman–Crippen LogP) is 0.876. The molecule has 2 heterocycles. The highest BCUT2D eigenvalue weighted by Gasteiger charge is 2.24. The second-order valence-corrected chi connectivity index (χ2v) is 6.56. The summed E-state index contributed by atoms with van der Waals surface area (Å²) in [5.74, 6) is 0. The molecule has 0 saturated carbocycles. The molecule has 2 rings (SSSR count). The van der Waals surface area contributed by atoms with Gasteiger partial charge in [0.1, 0.15) is 0 Å². The van der Waals surface area contributed by atoms with Gasteiger partial charge in [-0.1, -0.05) is 12.8 Å². The van der Waals surface area contributed by atoms with Crippen molar-refractivity contribution in [1.82, 2.24) is 9.03 Å². The zero-order valence-corrected chi connectivity index (χ0v) is 11.0. The van der Waals surface area contributed by atoms with Crippen LogP contribution in [0.5, 0.6) is 0 Å². The number of hydrogen-bond acceptors (Lipinski definition) is 3. The van der Waals surface area contributed by atoms with Crippen molar-refractivity contribution in [3.05, 3.63) is 0 Å². The van der Waals surface area contributed by atoms with Gasteiger partial charge in [-0.2, -0.15) is 17.4 Å². The molecular weight excluding hydrogens is 240 g/mol. The normalized spacial score (nSPS) is 28.1. The predicted molar refractivity (Wildman–Crippen MR) is 65.9 cm³/mol. The average Bonchev–Trinajstić information content (AvgIpc) is 2.66. The standard InChI is InChI=1S/C11H22N2O3S/c14-17(15,12-10-11-6-5-9-16-11)13-7-3-1-2-4-8-13/h11-12H,1-10H2/t11-/m0/s1. The van der Waals surface area contributed by atoms with Gasteiger partial charge < -0.3 is 4.74 Å². The molecule has 1 N–H and O–H groups in total. The Kier molecular flexibility index (Phi) is 4.78. The van der Waals surface area contributed by atoms with Crippen molar-refractivity contribution in [2.24, 2.45) is 0 Å². The van der Waals surface area contributed by atoms with E-state index in [-0.39, 0.29) is 6.10 Å². The van der Waals surface area contributed by atoms with E-state index in [4.69, 9.17) is 4.74 Å². The maximum Gasteiger partial charge on any atom is 0.279 e. The molecule has 2 fully saturated rings. The Morgan fingerprint density at radius 2 is 1.82 bits per heavy atom. The summed E-state index contributed by atoms with van der Waals surface area (Å²) < 4.78 is 33.8. The summed E-state index contributed by atoms with van der Waals surface area (Å²) in [6.07, 6.45) is 6.28. The molecule has 100 valence electrons. The summed E-state index contributed by atoms with van der Waals surface area (Å²) in [5.41, 5.74) is 0. The second-order valence-electron chi connectivity index (χ2n) is 4.80. The molecule has 0 aliphatic carbocycles. The first-order valence-electron chi connectivity index (χ1n) is 6.55. The van der Waals surface area contributed by atoms with Gasteiger partial charge in [0.25, 0.3) is 10.2 Å². The average molecular weight is 262 g/mol. The molecule has 6 heteroatoms. The van der Waals surface area contributed by atoms with Crippen LogP contribution >= 0.6 is 0 Å². The van der Waals surface area contributed by atoms with Crippen molar-refractivity contribution in [2.75, 3.05) is 26.2 Å². The smallest absolute Gasteiger partial charge is 0.279 e. The quantitative estimate of drug-likeness (QED) is 0.818. The molecule has 0 amide bonds. The summed E-state index contributed by atoms with van der Waals surface area (Å²) >= 11 is 0. The SMILES string of the molecule is O=S(=O)(NC[C@@H]1CCCO1)N1CCCCCC1. The molecule has 0 aromatic rings. The molecule has 1 atom stereocenters. The Balaban J connectivity index is 1.83. The Morgan fingerprint density at radius 1 is 1.12 bits per heavy atom. The van der Waals surface area contributed by atoms with Gasteiger partial charge in [-0.25, -0.2) is 0 Å². The fourth-order valence-electron chi connectivity index (χ4n) is 2.38. The van der Waals surface area contributed by atoms with Crippen molar-refractivity contribution in [1.29, 1.82) is 0 Å². The fourth-order valence-corrected chi connectivity index (χ4v) is 3.69. The first kappa shape index (κ1) is 13.3. The Hall–Kier alpha value is -0.170. The van der Waals surface area contributed by atoms with E-state index in [1.54, 1.807) is 4.31 Å². The number of rotatable bonds is 4. The molecule has 0 radical (unpaired) electrons. The van der Waals surface area contributed by atoms with Gasteiger partial charge in [0.2, 0.25) is 0 Å². The maximum atomic E-state index is 12.1. The lowest BCUT2D eigenvalue weighted by Crippen LogP contribution is -2.43. The highest BCUT2D eigenvalue weighted by Crippen LogP contribution is 2.14. The second kappa shape index (κ2) is 6.13. The van der Waals surface area contributed by atoms with Crippen LogP contribution in [-0.2, 0) is 14.9 Å². The molecule has 0 bridgehead atoms. The number of nitrogens with one attached hydrogen (secondary N) is 1. The third kappa shape index (κ3) is 3.91. The summed E-state index contributed by atoms with van der Waals surface area (Å²) in [6.45, 7) is 2.48. The van der Waals surface area contributed by atoms with E-state index in [1.807, 2.05) is 0 Å². The summed E-state index contributed by atoms with van der Waals surface area (Å²) in [6, 6.07) is 0. The van der Waals surface area contributed by atoms with Crippen molar-refractivity contribution in [2.45, 2.75) is 44.6 Å². The molecule has 0 aromatic heterocycles. The van der Waals surface area contributed by atoms with Gasteiger partial charge in [0.05, 0.1) is 6.10 Å². The van der Waals surface area contributed by atoms with Crippen LogP contribution in [0.2, 0.25) is 0 Å². The van der Waals surface area contributed by atoms with Crippen LogP contribution in [0.4, 0.5) is 0 Å². The zero-order valence-electron chi connectivity index (χ0n) is 10.2. The van der Waals surface area contributed by atoms with Gasteiger partial charge >= 0.3 is 0 Å². The zero-order chi connectivity index (χ0) is 12.1. The molecular formula is C11H22N2O3S. The topological polar surface area (TPSA) is 58.6 Å². The van der Waals surface area contributed by atoms with Gasteiger partial charge in [0.15, 0.2) is 0 Å². The Bertz CT molecular complexity index is 318. The third-order valence-corrected chi connectivity index (χ3v) is 5.00. The lowest BCUT2D eigenvalue weighted by molar-refractivity contribution is 0.114. The molecule has 0 unspecified atom stereocenters. The van der Waals surface area contributed by atoms with Crippen LogP contribution in [0.1, 0.15) is 38.5 Å². The van der Waals surface area contributed by atoms with Gasteiger partial charge in [0, 0.05) is 26.2 Å². The van der Waals surface area contributed by atoms with Gasteiger partial charge in [-0.3, -0.25) is 0 Å². The molecule has 0 aromatic carbocycles. The lowest BCUT2D eigenvalue weighted by atomic mass is 10.2. The number of hydrogen-bond donors (Lipinski definition) is 1. The van der Waals surface area contributed by atoms with Crippen molar-refractivity contribution < 1.29 is 13.2 Å². The highest BCUT2D eigenvalue weighted by molar-refractivity contribution is 7.87. The summed E-state index contributed by atoms with van der Waals surface area (Å²) in [5, 5.41) is 0. The van der Waals surface area contributed by atoms with Crippen LogP contribution in [0, 0.1) is 0 Å². The fraction of sp³-hybridized carbons (Fsp3) is 1.00. The molecule has 5 nitrogen and oxygen atoms in total. The van der Waals surface area contributed by atoms with Gasteiger partial charge in [-0.05, 0) is 25.7 Å². The highest BCUT2D eigenvalue weighted by atomic mass is 32.2. The largest absolute Gasteiger partial charge is 0.377 e. The van der Waals surface area contributed by atoms with Crippen LogP contribution in [0.25, 0.3) is 0 Å². The van der Waals surface area contributed by atoms with Crippen LogP contribution in [-0.4, -0.2) is 45.1 Å². The molecule has 0 spiro atoms. The first-order valence-corrected chi connectivity index (χ1v) is 7.99. The van der Waals surface area contributed by atoms with E-state index in [0.29, 0.717) is 19.6 Å². The minimum absolute atomic E-state index is 0.0664. The first-order chi connectivity index (χ1) is 8.18. The van der Waals surface area contributed by atoms with Gasteiger partial charge in [-0.15, -0.1) is 0 Å². The monoisotopic (exact) mass is 262 g/mol. The van der Waals surface area contributed by atoms with E-state index in [1.165, 1.54) is 0 Å². The third-order valence-electron chi connectivity index (χ3n) is 3.42. The number of ether oxygens (including phenoxy) is 1. The van der Waals surface area contributed by atoms with E-state index in [0.717, 1.165) is 45.1 Å². The Labute approximate surface area is 104 Å². The van der Waals surface area contributed by atoms with Crippen molar-refractivity contribution in [3.63, 3.8) is 0 Å². The summed E-state index contributed by atoms with van der Waals surface area (Å²) in [7, 11) is -3.29. The Morgan fingerprint density at radius 3 is 2.41 bits per heavy atom. The lowest BCUT2D eigenvalue weighted by Gasteiger charge is -2.21. The van der Waals surface area contributed by atoms with E-state index in [9.17, 15) is 8.42 Å². The van der Waals surface area contributed by atoms with E-state index >= 15 is 0 Å². The van der Waals surface area contributed by atoms with Crippen LogP contribution in [0.15, 0.2) is 0 Å². The minimum atomic E-state index is -3.29. The van der Waals surface area contributed by atoms with E-state index in [2.05, 4.69) is 4.72 Å². The van der Waals surface area contributed by atoms with Crippen molar-refractivity contribution in [3.8, 4) is 0 Å². The number of nitrogens with zero attached hydrogens (tertiary/aromatic N) is 1. The maximum absolute atomic E-state index is 12.1. The van der Waals surface area contributed by atoms with Crippen LogP contribution < -0.4 is 4.72 Å². The molecule has 17 heavy (non-hydrogen) atoms. The molecule has 2 aliphatic rings. The van der Waals surface area contributed by atoms with E-state index < -0.39 is 10.2 Å².